The van der Waals surface area contributed by atoms with Crippen molar-refractivity contribution in [3.8, 4) is 0 Å². The number of nitrogens with zero attached hydrogens (tertiary/aromatic N) is 2. The molecule has 0 N–H and O–H groups in total. The molecule has 0 radical (unpaired) electrons. The number of benzene rings is 1. The highest BCUT2D eigenvalue weighted by molar-refractivity contribution is 7.91. The van der Waals surface area contributed by atoms with Crippen LogP contribution in [0.5, 0.6) is 0 Å². The van der Waals surface area contributed by atoms with Gasteiger partial charge in [-0.1, -0.05) is 12.1 Å². The molecule has 1 aromatic heterocycles. The van der Waals surface area contributed by atoms with E-state index in [1.165, 1.54) is 30.5 Å². The number of rotatable bonds is 4. The molecule has 0 aliphatic carbocycles. The second-order valence-electron chi connectivity index (χ2n) is 3.75. The maximum Gasteiger partial charge on any atom is 0.295 e. The van der Waals surface area contributed by atoms with Gasteiger partial charge in [-0.05, 0) is 6.07 Å². The summed E-state index contributed by atoms with van der Waals surface area (Å²) < 4.78 is 24.1. The molecule has 2 aromatic rings. The Labute approximate surface area is 114 Å². The fourth-order valence-electron chi connectivity index (χ4n) is 1.77. The first-order valence-electron chi connectivity index (χ1n) is 5.28. The molecule has 0 saturated carbocycles. The Morgan fingerprint density at radius 3 is 2.68 bits per heavy atom. The fourth-order valence-corrected chi connectivity index (χ4v) is 3.57. The van der Waals surface area contributed by atoms with Gasteiger partial charge in [-0.3, -0.25) is 10.1 Å². The molecule has 1 heterocycles. The normalized spacial score (nSPS) is 11.6. The first-order chi connectivity index (χ1) is 8.97. The standard InChI is InChI=1S/C11H9ClN2O4S/c12-5-7-19(17,18)10-4-6-13-11-8(10)2-1-3-9(11)14(15)16/h1-4,6H,5,7H2. The van der Waals surface area contributed by atoms with Gasteiger partial charge in [-0.25, -0.2) is 13.4 Å². The number of sulfone groups is 1. The summed E-state index contributed by atoms with van der Waals surface area (Å²) in [7, 11) is -3.57. The van der Waals surface area contributed by atoms with Crippen molar-refractivity contribution in [3.05, 3.63) is 40.6 Å². The third kappa shape index (κ3) is 2.52. The number of halogens is 1. The third-order valence-corrected chi connectivity index (χ3v) is 4.77. The molecule has 2 rings (SSSR count). The van der Waals surface area contributed by atoms with Crippen molar-refractivity contribution >= 4 is 38.0 Å². The quantitative estimate of drug-likeness (QED) is 0.490. The minimum Gasteiger partial charge on any atom is -0.258 e. The smallest absolute Gasteiger partial charge is 0.258 e. The highest BCUT2D eigenvalue weighted by atomic mass is 35.5. The summed E-state index contributed by atoms with van der Waals surface area (Å²) in [6.45, 7) is 0. The second kappa shape index (κ2) is 5.10. The molecule has 0 fully saturated rings. The van der Waals surface area contributed by atoms with Gasteiger partial charge < -0.3 is 0 Å². The molecule has 0 atom stereocenters. The van der Waals surface area contributed by atoms with Crippen LogP contribution < -0.4 is 0 Å². The molecule has 100 valence electrons. The van der Waals surface area contributed by atoms with Crippen molar-refractivity contribution in [1.82, 2.24) is 4.98 Å². The van der Waals surface area contributed by atoms with Crippen LogP contribution in [0.3, 0.4) is 0 Å². The molecule has 0 amide bonds. The summed E-state index contributed by atoms with van der Waals surface area (Å²) in [5, 5.41) is 11.1. The van der Waals surface area contributed by atoms with Crippen LogP contribution in [0, 0.1) is 10.1 Å². The van der Waals surface area contributed by atoms with Crippen molar-refractivity contribution in [1.29, 1.82) is 0 Å². The van der Waals surface area contributed by atoms with E-state index in [1.54, 1.807) is 0 Å². The Bertz CT molecular complexity index is 745. The predicted molar refractivity (Wildman–Crippen MR) is 71.2 cm³/mol. The van der Waals surface area contributed by atoms with Crippen molar-refractivity contribution in [3.63, 3.8) is 0 Å². The number of pyridine rings is 1. The summed E-state index contributed by atoms with van der Waals surface area (Å²) in [5.74, 6) is -0.266. The molecule has 0 bridgehead atoms. The van der Waals surface area contributed by atoms with Crippen LogP contribution in [-0.2, 0) is 9.84 Å². The van der Waals surface area contributed by atoms with Gasteiger partial charge in [-0.15, -0.1) is 11.6 Å². The van der Waals surface area contributed by atoms with Gasteiger partial charge >= 0.3 is 0 Å². The average Bonchev–Trinajstić information content (AvgIpc) is 2.37. The largest absolute Gasteiger partial charge is 0.295 e. The topological polar surface area (TPSA) is 90.2 Å². The third-order valence-electron chi connectivity index (χ3n) is 2.59. The maximum atomic E-state index is 12.0. The summed E-state index contributed by atoms with van der Waals surface area (Å²) in [5.41, 5.74) is -0.163. The van der Waals surface area contributed by atoms with E-state index in [0.29, 0.717) is 0 Å². The highest BCUT2D eigenvalue weighted by Gasteiger charge is 2.21. The van der Waals surface area contributed by atoms with Crippen molar-refractivity contribution in [2.45, 2.75) is 4.90 Å². The van der Waals surface area contributed by atoms with Crippen LogP contribution in [0.2, 0.25) is 0 Å². The van der Waals surface area contributed by atoms with Crippen LogP contribution >= 0.6 is 11.6 Å². The Kier molecular flexibility index (Phi) is 3.68. The zero-order valence-corrected chi connectivity index (χ0v) is 11.2. The Balaban J connectivity index is 2.79. The highest BCUT2D eigenvalue weighted by Crippen LogP contribution is 2.28. The second-order valence-corrected chi connectivity index (χ2v) is 6.20. The van der Waals surface area contributed by atoms with E-state index in [2.05, 4.69) is 4.98 Å². The zero-order valence-electron chi connectivity index (χ0n) is 9.61. The average molecular weight is 301 g/mol. The lowest BCUT2D eigenvalue weighted by Gasteiger charge is -2.06. The van der Waals surface area contributed by atoms with E-state index in [9.17, 15) is 18.5 Å². The van der Waals surface area contributed by atoms with Crippen LogP contribution in [-0.4, -0.2) is 30.0 Å². The lowest BCUT2D eigenvalue weighted by Crippen LogP contribution is -2.09. The lowest BCUT2D eigenvalue weighted by molar-refractivity contribution is -0.383. The zero-order chi connectivity index (χ0) is 14.0. The fraction of sp³-hybridized carbons (Fsp3) is 0.182. The molecule has 8 heteroatoms. The van der Waals surface area contributed by atoms with Crippen LogP contribution in [0.1, 0.15) is 0 Å². The molecule has 1 aromatic carbocycles. The SMILES string of the molecule is O=[N+]([O-])c1cccc2c(S(=O)(=O)CCCl)ccnc12. The molecule has 6 nitrogen and oxygen atoms in total. The summed E-state index contributed by atoms with van der Waals surface area (Å²) >= 11 is 5.47. The van der Waals surface area contributed by atoms with Gasteiger partial charge in [0.25, 0.3) is 5.69 Å². The summed E-state index contributed by atoms with van der Waals surface area (Å²) in [4.78, 5) is 14.2. The van der Waals surface area contributed by atoms with Crippen LogP contribution in [0.4, 0.5) is 5.69 Å². The molecular formula is C11H9ClN2O4S. The van der Waals surface area contributed by atoms with Crippen molar-refractivity contribution in [2.75, 3.05) is 11.6 Å². The van der Waals surface area contributed by atoms with E-state index in [4.69, 9.17) is 11.6 Å². The number of alkyl halides is 1. The van der Waals surface area contributed by atoms with Gasteiger partial charge in [0.2, 0.25) is 0 Å². The van der Waals surface area contributed by atoms with E-state index >= 15 is 0 Å². The van der Waals surface area contributed by atoms with Gasteiger partial charge in [0.15, 0.2) is 9.84 Å². The number of non-ortho nitro benzene ring substituents is 1. The minimum absolute atomic E-state index is 0.0156. The number of para-hydroxylation sites is 1. The predicted octanol–water partition coefficient (Wildman–Crippen LogP) is 2.16. The molecule has 0 unspecified atom stereocenters. The molecule has 0 spiro atoms. The van der Waals surface area contributed by atoms with E-state index < -0.39 is 14.8 Å². The number of aromatic nitrogens is 1. The number of nitro groups is 1. The van der Waals surface area contributed by atoms with Gasteiger partial charge in [0.05, 0.1) is 15.6 Å². The number of fused-ring (bicyclic) bond motifs is 1. The van der Waals surface area contributed by atoms with Gasteiger partial charge in [-0.2, -0.15) is 0 Å². The van der Waals surface area contributed by atoms with Gasteiger partial charge in [0.1, 0.15) is 5.52 Å². The van der Waals surface area contributed by atoms with E-state index in [-0.39, 0.29) is 33.1 Å². The van der Waals surface area contributed by atoms with Crippen molar-refractivity contribution < 1.29 is 13.3 Å². The van der Waals surface area contributed by atoms with E-state index in [0.717, 1.165) is 0 Å². The summed E-state index contributed by atoms with van der Waals surface area (Å²) in [6.07, 6.45) is 1.25. The number of nitro benzene ring substituents is 1. The monoisotopic (exact) mass is 300 g/mol. The minimum atomic E-state index is -3.57. The van der Waals surface area contributed by atoms with Gasteiger partial charge in [0, 0.05) is 23.5 Å². The number of hydrogen-bond acceptors (Lipinski definition) is 5. The maximum absolute atomic E-state index is 12.0. The molecule has 19 heavy (non-hydrogen) atoms. The van der Waals surface area contributed by atoms with Crippen LogP contribution in [0.25, 0.3) is 10.9 Å². The number of hydrogen-bond donors (Lipinski definition) is 0. The Hall–Kier alpha value is -1.73. The summed E-state index contributed by atoms with van der Waals surface area (Å²) in [6, 6.07) is 5.54. The first-order valence-corrected chi connectivity index (χ1v) is 7.47. The molecule has 0 saturated heterocycles. The van der Waals surface area contributed by atoms with E-state index in [1.807, 2.05) is 0 Å². The Morgan fingerprint density at radius 2 is 2.05 bits per heavy atom. The van der Waals surface area contributed by atoms with Crippen LogP contribution in [0.15, 0.2) is 35.4 Å². The molecule has 0 aliphatic rings. The molecular weight excluding hydrogens is 292 g/mol. The molecule has 0 aliphatic heterocycles. The Morgan fingerprint density at radius 1 is 1.32 bits per heavy atom. The first kappa shape index (κ1) is 13.7. The van der Waals surface area contributed by atoms with Crippen molar-refractivity contribution in [2.24, 2.45) is 0 Å². The lowest BCUT2D eigenvalue weighted by atomic mass is 10.2.